The van der Waals surface area contributed by atoms with Crippen LogP contribution in [0.4, 0.5) is 0 Å². The van der Waals surface area contributed by atoms with Gasteiger partial charge < -0.3 is 5.11 Å². The molecule has 24 heavy (non-hydrogen) atoms. The van der Waals surface area contributed by atoms with Crippen LogP contribution in [0.25, 0.3) is 16.8 Å². The van der Waals surface area contributed by atoms with Crippen molar-refractivity contribution in [1.82, 2.24) is 9.97 Å². The number of benzene rings is 1. The Morgan fingerprint density at radius 3 is 2.67 bits per heavy atom. The highest BCUT2D eigenvalue weighted by Crippen LogP contribution is 2.26. The maximum atomic E-state index is 11.5. The monoisotopic (exact) mass is 356 g/mol. The van der Waals surface area contributed by atoms with Crippen LogP contribution in [-0.2, 0) is 11.2 Å². The van der Waals surface area contributed by atoms with Gasteiger partial charge in [0.25, 0.3) is 0 Å². The molecule has 2 aromatic heterocycles. The lowest BCUT2D eigenvalue weighted by atomic mass is 9.99. The maximum Gasteiger partial charge on any atom is 0.314 e. The van der Waals surface area contributed by atoms with Crippen molar-refractivity contribution in [3.63, 3.8) is 0 Å². The summed E-state index contributed by atoms with van der Waals surface area (Å²) in [5.41, 5.74) is 2.39. The fourth-order valence-electron chi connectivity index (χ4n) is 2.24. The highest BCUT2D eigenvalue weighted by molar-refractivity contribution is 7.14. The molecule has 0 saturated carbocycles. The second-order valence-electron chi connectivity index (χ2n) is 5.14. The lowest BCUT2D eigenvalue weighted by Crippen LogP contribution is -2.08. The van der Waals surface area contributed by atoms with E-state index in [0.29, 0.717) is 0 Å². The fraction of sp³-hybridized carbons (Fsp3) is 0.167. The molecule has 0 amide bonds. The van der Waals surface area contributed by atoms with Gasteiger partial charge >= 0.3 is 5.97 Å². The van der Waals surface area contributed by atoms with Crippen molar-refractivity contribution >= 4 is 34.7 Å². The molecule has 3 aromatic rings. The van der Waals surface area contributed by atoms with Crippen molar-refractivity contribution in [2.24, 2.45) is 0 Å². The molecule has 4 nitrogen and oxygen atoms in total. The van der Waals surface area contributed by atoms with Gasteiger partial charge in [-0.2, -0.15) is 0 Å². The standard InChI is InChI=1S/C18H16N2O2S2/c1-2-16-20-15(11-23-16)17-19-13(10-24-17)8-9-14(18(21)22)12-6-4-3-5-7-12/h3-11,14H,2H2,1H3,(H,21,22). The molecule has 1 aromatic carbocycles. The molecular weight excluding hydrogens is 340 g/mol. The van der Waals surface area contributed by atoms with Gasteiger partial charge in [0.1, 0.15) is 16.6 Å². The second kappa shape index (κ2) is 7.51. The van der Waals surface area contributed by atoms with Gasteiger partial charge in [0.05, 0.1) is 10.7 Å². The minimum absolute atomic E-state index is 0.678. The number of rotatable bonds is 6. The molecule has 122 valence electrons. The Morgan fingerprint density at radius 2 is 2.00 bits per heavy atom. The number of aryl methyl sites for hydroxylation is 1. The molecule has 0 bridgehead atoms. The van der Waals surface area contributed by atoms with Crippen molar-refractivity contribution in [3.05, 3.63) is 63.4 Å². The van der Waals surface area contributed by atoms with Gasteiger partial charge in [0.2, 0.25) is 0 Å². The highest BCUT2D eigenvalue weighted by Gasteiger charge is 2.16. The summed E-state index contributed by atoms with van der Waals surface area (Å²) in [4.78, 5) is 20.6. The van der Waals surface area contributed by atoms with Gasteiger partial charge in [-0.3, -0.25) is 4.79 Å². The van der Waals surface area contributed by atoms with Crippen molar-refractivity contribution in [2.45, 2.75) is 19.3 Å². The van der Waals surface area contributed by atoms with Crippen molar-refractivity contribution < 1.29 is 9.90 Å². The Morgan fingerprint density at radius 1 is 1.21 bits per heavy atom. The predicted molar refractivity (Wildman–Crippen MR) is 98.5 cm³/mol. The molecule has 2 heterocycles. The van der Waals surface area contributed by atoms with Gasteiger partial charge in [-0.15, -0.1) is 22.7 Å². The lowest BCUT2D eigenvalue weighted by molar-refractivity contribution is -0.137. The van der Waals surface area contributed by atoms with Gasteiger partial charge in [-0.05, 0) is 18.1 Å². The first-order valence-electron chi connectivity index (χ1n) is 7.53. The summed E-state index contributed by atoms with van der Waals surface area (Å²) >= 11 is 3.15. The molecule has 6 heteroatoms. The summed E-state index contributed by atoms with van der Waals surface area (Å²) in [6, 6.07) is 9.19. The van der Waals surface area contributed by atoms with E-state index in [1.165, 1.54) is 11.3 Å². The summed E-state index contributed by atoms with van der Waals surface area (Å²) in [6.07, 6.45) is 4.36. The van der Waals surface area contributed by atoms with Crippen LogP contribution in [-0.4, -0.2) is 21.0 Å². The number of thiazole rings is 2. The largest absolute Gasteiger partial charge is 0.481 e. The van der Waals surface area contributed by atoms with Crippen LogP contribution in [0.3, 0.4) is 0 Å². The molecule has 0 spiro atoms. The Labute approximate surface area is 148 Å². The number of aromatic nitrogens is 2. The molecular formula is C18H16N2O2S2. The number of hydrogen-bond donors (Lipinski definition) is 1. The molecule has 0 aliphatic carbocycles. The fourth-order valence-corrected chi connectivity index (χ4v) is 3.79. The summed E-state index contributed by atoms with van der Waals surface area (Å²) in [6.45, 7) is 2.08. The number of carboxylic acid groups (broad SMARTS) is 1. The van der Waals surface area contributed by atoms with E-state index in [1.807, 2.05) is 41.1 Å². The molecule has 0 aliphatic heterocycles. The third kappa shape index (κ3) is 3.77. The van der Waals surface area contributed by atoms with Crippen LogP contribution >= 0.6 is 22.7 Å². The second-order valence-corrected chi connectivity index (χ2v) is 6.94. The molecule has 1 unspecified atom stereocenters. The first-order chi connectivity index (χ1) is 11.7. The maximum absolute atomic E-state index is 11.5. The molecule has 3 rings (SSSR count). The zero-order valence-electron chi connectivity index (χ0n) is 13.0. The first-order valence-corrected chi connectivity index (χ1v) is 9.29. The Hall–Kier alpha value is -2.31. The average Bonchev–Trinajstić information content (AvgIpc) is 3.24. The van der Waals surface area contributed by atoms with Crippen molar-refractivity contribution in [2.75, 3.05) is 0 Å². The third-order valence-electron chi connectivity index (χ3n) is 3.48. The van der Waals surface area contributed by atoms with Crippen molar-refractivity contribution in [3.8, 4) is 10.7 Å². The first kappa shape index (κ1) is 16.5. The van der Waals surface area contributed by atoms with Crippen LogP contribution in [0.5, 0.6) is 0 Å². The number of aliphatic carboxylic acids is 1. The van der Waals surface area contributed by atoms with E-state index in [0.717, 1.165) is 33.4 Å². The molecule has 1 N–H and O–H groups in total. The number of hydrogen-bond acceptors (Lipinski definition) is 5. The Bertz CT molecular complexity index is 853. The minimum Gasteiger partial charge on any atom is -0.481 e. The van der Waals surface area contributed by atoms with E-state index in [2.05, 4.69) is 16.9 Å². The topological polar surface area (TPSA) is 63.1 Å². The average molecular weight is 356 g/mol. The smallest absolute Gasteiger partial charge is 0.314 e. The Kier molecular flexibility index (Phi) is 5.17. The van der Waals surface area contributed by atoms with E-state index in [9.17, 15) is 9.90 Å². The lowest BCUT2D eigenvalue weighted by Gasteiger charge is -2.06. The third-order valence-corrected chi connectivity index (χ3v) is 5.36. The normalized spacial score (nSPS) is 12.5. The molecule has 0 aliphatic rings. The minimum atomic E-state index is -0.875. The number of carbonyl (C=O) groups is 1. The highest BCUT2D eigenvalue weighted by atomic mass is 32.1. The SMILES string of the molecule is CCc1nc(-c2nc(C=CC(C(=O)O)c3ccccc3)cs2)cs1. The molecule has 1 atom stereocenters. The summed E-state index contributed by atoms with van der Waals surface area (Å²) < 4.78 is 0. The predicted octanol–water partition coefficient (Wildman–Crippen LogP) is 4.71. The number of carboxylic acids is 1. The summed E-state index contributed by atoms with van der Waals surface area (Å²) in [5.74, 6) is -1.55. The van der Waals surface area contributed by atoms with Crippen LogP contribution in [0.15, 0.2) is 47.2 Å². The van der Waals surface area contributed by atoms with E-state index in [-0.39, 0.29) is 0 Å². The van der Waals surface area contributed by atoms with Gasteiger partial charge in [-0.1, -0.05) is 43.3 Å². The molecule has 0 saturated heterocycles. The summed E-state index contributed by atoms with van der Waals surface area (Å²) in [7, 11) is 0. The quantitative estimate of drug-likeness (QED) is 0.695. The van der Waals surface area contributed by atoms with Crippen LogP contribution in [0.1, 0.15) is 29.1 Å². The van der Waals surface area contributed by atoms with Crippen LogP contribution in [0.2, 0.25) is 0 Å². The summed E-state index contributed by atoms with van der Waals surface area (Å²) in [5, 5.41) is 15.3. The van der Waals surface area contributed by atoms with Gasteiger partial charge in [-0.25, -0.2) is 9.97 Å². The van der Waals surface area contributed by atoms with Crippen LogP contribution in [0, 0.1) is 0 Å². The van der Waals surface area contributed by atoms with Gasteiger partial charge in [0.15, 0.2) is 0 Å². The van der Waals surface area contributed by atoms with E-state index in [1.54, 1.807) is 23.5 Å². The molecule has 0 fully saturated rings. The zero-order valence-corrected chi connectivity index (χ0v) is 14.7. The van der Waals surface area contributed by atoms with Crippen LogP contribution < -0.4 is 0 Å². The molecule has 0 radical (unpaired) electrons. The van der Waals surface area contributed by atoms with E-state index >= 15 is 0 Å². The van der Waals surface area contributed by atoms with Crippen molar-refractivity contribution in [1.29, 1.82) is 0 Å². The van der Waals surface area contributed by atoms with Gasteiger partial charge in [0, 0.05) is 10.8 Å². The number of nitrogens with zero attached hydrogens (tertiary/aromatic N) is 2. The zero-order chi connectivity index (χ0) is 16.9. The van der Waals surface area contributed by atoms with E-state index < -0.39 is 11.9 Å². The Balaban J connectivity index is 1.80. The van der Waals surface area contributed by atoms with E-state index in [4.69, 9.17) is 0 Å².